The molecule has 128 valence electrons. The number of rotatable bonds is 7. The maximum Gasteiger partial charge on any atom is 0.240 e. The summed E-state index contributed by atoms with van der Waals surface area (Å²) in [7, 11) is 0. The Morgan fingerprint density at radius 3 is 2.52 bits per heavy atom. The molecule has 0 radical (unpaired) electrons. The Labute approximate surface area is 136 Å². The number of amides is 1. The molecule has 1 aromatic rings. The molecule has 1 aromatic carbocycles. The van der Waals surface area contributed by atoms with Crippen LogP contribution >= 0.6 is 0 Å². The average Bonchev–Trinajstić information content (AvgIpc) is 2.82. The molecule has 4 atom stereocenters. The average molecular weight is 322 g/mol. The fourth-order valence-corrected chi connectivity index (χ4v) is 3.09. The molecule has 1 saturated heterocycles. The molecule has 0 bridgehead atoms. The second-order valence-corrected chi connectivity index (χ2v) is 5.94. The Kier molecular flexibility index (Phi) is 6.53. The van der Waals surface area contributed by atoms with E-state index in [2.05, 4.69) is 5.32 Å². The minimum Gasteiger partial charge on any atom is -0.395 e. The van der Waals surface area contributed by atoms with Crippen LogP contribution in [-0.2, 0) is 11.2 Å². The van der Waals surface area contributed by atoms with E-state index in [4.69, 9.17) is 0 Å². The van der Waals surface area contributed by atoms with Crippen molar-refractivity contribution in [2.75, 3.05) is 19.7 Å². The number of carbonyl (C=O) groups is 1. The van der Waals surface area contributed by atoms with E-state index < -0.39 is 24.3 Å². The first kappa shape index (κ1) is 17.9. The summed E-state index contributed by atoms with van der Waals surface area (Å²) < 4.78 is 0. The Bertz CT molecular complexity index is 497. The zero-order valence-electron chi connectivity index (χ0n) is 13.4. The predicted molar refractivity (Wildman–Crippen MR) is 86.8 cm³/mol. The van der Waals surface area contributed by atoms with Crippen molar-refractivity contribution in [1.82, 2.24) is 10.2 Å². The van der Waals surface area contributed by atoms with Crippen LogP contribution in [0.15, 0.2) is 30.3 Å². The number of benzene rings is 1. The molecule has 1 aliphatic heterocycles. The van der Waals surface area contributed by atoms with Crippen LogP contribution in [0.25, 0.3) is 0 Å². The van der Waals surface area contributed by atoms with Crippen molar-refractivity contribution < 1.29 is 20.1 Å². The smallest absolute Gasteiger partial charge is 0.240 e. The lowest BCUT2D eigenvalue weighted by atomic mass is 10.1. The van der Waals surface area contributed by atoms with E-state index in [1.54, 1.807) is 4.90 Å². The molecule has 1 amide bonds. The first-order valence-corrected chi connectivity index (χ1v) is 8.14. The zero-order valence-corrected chi connectivity index (χ0v) is 13.4. The molecule has 4 N–H and O–H groups in total. The number of nitrogens with zero attached hydrogens (tertiary/aromatic N) is 1. The number of aliphatic hydroxyl groups is 3. The topological polar surface area (TPSA) is 93.0 Å². The normalized spacial score (nSPS) is 28.0. The maximum atomic E-state index is 12.3. The van der Waals surface area contributed by atoms with E-state index in [0.29, 0.717) is 19.5 Å². The Hall–Kier alpha value is -1.47. The van der Waals surface area contributed by atoms with Gasteiger partial charge in [0.15, 0.2) is 0 Å². The summed E-state index contributed by atoms with van der Waals surface area (Å²) in [6.45, 7) is 2.65. The monoisotopic (exact) mass is 322 g/mol. The molecular formula is C17H26N2O4. The van der Waals surface area contributed by atoms with Crippen molar-refractivity contribution in [2.45, 2.75) is 44.1 Å². The third kappa shape index (κ3) is 4.09. The second kappa shape index (κ2) is 8.40. The molecule has 0 aromatic heterocycles. The number of hydrogen-bond donors (Lipinski definition) is 4. The molecule has 6 nitrogen and oxygen atoms in total. The van der Waals surface area contributed by atoms with Crippen LogP contribution in [0.4, 0.5) is 0 Å². The highest BCUT2D eigenvalue weighted by Gasteiger charge is 2.50. The first-order valence-electron chi connectivity index (χ1n) is 8.14. The Morgan fingerprint density at radius 2 is 1.91 bits per heavy atom. The Balaban J connectivity index is 2.11. The van der Waals surface area contributed by atoms with Gasteiger partial charge in [-0.3, -0.25) is 9.69 Å². The Morgan fingerprint density at radius 1 is 1.22 bits per heavy atom. The lowest BCUT2D eigenvalue weighted by Crippen LogP contribution is -2.50. The van der Waals surface area contributed by atoms with Gasteiger partial charge >= 0.3 is 0 Å². The van der Waals surface area contributed by atoms with Crippen molar-refractivity contribution in [3.63, 3.8) is 0 Å². The van der Waals surface area contributed by atoms with Crippen molar-refractivity contribution in [1.29, 1.82) is 0 Å². The SMILES string of the molecule is CCCNC(=O)C1C(O)C(O)C(CO)N1CCc1ccccc1. The summed E-state index contributed by atoms with van der Waals surface area (Å²) in [6, 6.07) is 8.33. The van der Waals surface area contributed by atoms with Gasteiger partial charge in [0.2, 0.25) is 5.91 Å². The summed E-state index contributed by atoms with van der Waals surface area (Å²) in [5.41, 5.74) is 1.10. The maximum absolute atomic E-state index is 12.3. The largest absolute Gasteiger partial charge is 0.395 e. The van der Waals surface area contributed by atoms with Gasteiger partial charge in [0.05, 0.1) is 18.8 Å². The van der Waals surface area contributed by atoms with Gasteiger partial charge in [-0.15, -0.1) is 0 Å². The van der Waals surface area contributed by atoms with Gasteiger partial charge in [-0.2, -0.15) is 0 Å². The summed E-state index contributed by atoms with van der Waals surface area (Å²) in [6.07, 6.45) is -0.855. The van der Waals surface area contributed by atoms with Crippen molar-refractivity contribution in [3.8, 4) is 0 Å². The van der Waals surface area contributed by atoms with Gasteiger partial charge in [0.25, 0.3) is 0 Å². The lowest BCUT2D eigenvalue weighted by molar-refractivity contribution is -0.128. The molecular weight excluding hydrogens is 296 g/mol. The van der Waals surface area contributed by atoms with Crippen LogP contribution in [0.5, 0.6) is 0 Å². The molecule has 1 fully saturated rings. The molecule has 1 heterocycles. The quantitative estimate of drug-likeness (QED) is 0.544. The minimum absolute atomic E-state index is 0.301. The highest BCUT2D eigenvalue weighted by Crippen LogP contribution is 2.26. The first-order chi connectivity index (χ1) is 11.1. The van der Waals surface area contributed by atoms with Gasteiger partial charge < -0.3 is 20.6 Å². The highest BCUT2D eigenvalue weighted by molar-refractivity contribution is 5.83. The van der Waals surface area contributed by atoms with Crippen LogP contribution in [0, 0.1) is 0 Å². The lowest BCUT2D eigenvalue weighted by Gasteiger charge is -2.28. The van der Waals surface area contributed by atoms with E-state index in [1.165, 1.54) is 0 Å². The molecule has 2 rings (SSSR count). The summed E-state index contributed by atoms with van der Waals surface area (Å²) in [4.78, 5) is 14.1. The van der Waals surface area contributed by atoms with E-state index in [9.17, 15) is 20.1 Å². The van der Waals surface area contributed by atoms with Gasteiger partial charge in [0, 0.05) is 13.1 Å². The highest BCUT2D eigenvalue weighted by atomic mass is 16.3. The van der Waals surface area contributed by atoms with E-state index >= 15 is 0 Å². The fourth-order valence-electron chi connectivity index (χ4n) is 3.09. The van der Waals surface area contributed by atoms with Crippen LogP contribution < -0.4 is 5.32 Å². The summed E-state index contributed by atoms with van der Waals surface area (Å²) in [5, 5.41) is 32.7. The van der Waals surface area contributed by atoms with Gasteiger partial charge in [-0.05, 0) is 18.4 Å². The van der Waals surface area contributed by atoms with Gasteiger partial charge in [0.1, 0.15) is 12.1 Å². The number of likely N-dealkylation sites (tertiary alicyclic amines) is 1. The molecule has 4 unspecified atom stereocenters. The van der Waals surface area contributed by atoms with E-state index in [0.717, 1.165) is 12.0 Å². The summed E-state index contributed by atoms with van der Waals surface area (Å²) >= 11 is 0. The molecule has 0 saturated carbocycles. The van der Waals surface area contributed by atoms with Crippen molar-refractivity contribution in [2.24, 2.45) is 0 Å². The molecule has 6 heteroatoms. The minimum atomic E-state index is -1.19. The van der Waals surface area contributed by atoms with E-state index in [-0.39, 0.29) is 12.5 Å². The third-order valence-corrected chi connectivity index (χ3v) is 4.36. The van der Waals surface area contributed by atoms with Crippen LogP contribution in [0.3, 0.4) is 0 Å². The standard InChI is InChI=1S/C17H26N2O4/c1-2-9-18-17(23)14-16(22)15(21)13(11-20)19(14)10-8-12-6-4-3-5-7-12/h3-7,13-16,20-22H,2,8-11H2,1H3,(H,18,23). The van der Waals surface area contributed by atoms with Crippen molar-refractivity contribution in [3.05, 3.63) is 35.9 Å². The van der Waals surface area contributed by atoms with Crippen LogP contribution in [-0.4, -0.2) is 70.1 Å². The third-order valence-electron chi connectivity index (χ3n) is 4.36. The summed E-state index contributed by atoms with van der Waals surface area (Å²) in [5.74, 6) is -0.303. The van der Waals surface area contributed by atoms with E-state index in [1.807, 2.05) is 37.3 Å². The van der Waals surface area contributed by atoms with Gasteiger partial charge in [-0.1, -0.05) is 37.3 Å². The van der Waals surface area contributed by atoms with Crippen molar-refractivity contribution >= 4 is 5.91 Å². The fraction of sp³-hybridized carbons (Fsp3) is 0.588. The number of nitrogens with one attached hydrogen (secondary N) is 1. The van der Waals surface area contributed by atoms with Crippen LogP contribution in [0.1, 0.15) is 18.9 Å². The molecule has 0 spiro atoms. The van der Waals surface area contributed by atoms with Gasteiger partial charge in [-0.25, -0.2) is 0 Å². The zero-order chi connectivity index (χ0) is 16.8. The number of hydrogen-bond acceptors (Lipinski definition) is 5. The number of aliphatic hydroxyl groups excluding tert-OH is 3. The second-order valence-electron chi connectivity index (χ2n) is 5.94. The predicted octanol–water partition coefficient (Wildman–Crippen LogP) is -0.478. The molecule has 0 aliphatic carbocycles. The number of carbonyl (C=O) groups excluding carboxylic acids is 1. The molecule has 23 heavy (non-hydrogen) atoms. The van der Waals surface area contributed by atoms with Crippen LogP contribution in [0.2, 0.25) is 0 Å². The molecule has 1 aliphatic rings.